The van der Waals surface area contributed by atoms with Crippen LogP contribution in [0.3, 0.4) is 0 Å². The van der Waals surface area contributed by atoms with E-state index in [4.69, 9.17) is 0 Å². The lowest BCUT2D eigenvalue weighted by Crippen LogP contribution is -2.32. The largest absolute Gasteiger partial charge is 0.349 e. The van der Waals surface area contributed by atoms with Crippen LogP contribution in [0.1, 0.15) is 35.2 Å². The molecule has 1 fully saturated rings. The molecule has 21 heavy (non-hydrogen) atoms. The normalized spacial score (nSPS) is 18.6. The number of nitrogens with one attached hydrogen (secondary N) is 2. The second kappa shape index (κ2) is 6.77. The molecule has 0 radical (unpaired) electrons. The SMILES string of the molecule is O=C(NCCc1cscn1)c1ncn(C2CCCNC2)n1. The van der Waals surface area contributed by atoms with Crippen LogP contribution in [0.2, 0.25) is 0 Å². The highest BCUT2D eigenvalue weighted by atomic mass is 32.1. The lowest BCUT2D eigenvalue weighted by atomic mass is 10.1. The molecule has 1 amide bonds. The lowest BCUT2D eigenvalue weighted by Gasteiger charge is -2.22. The summed E-state index contributed by atoms with van der Waals surface area (Å²) in [5, 5.41) is 12.4. The molecule has 2 aromatic rings. The number of hydrogen-bond acceptors (Lipinski definition) is 6. The van der Waals surface area contributed by atoms with Gasteiger partial charge in [0.05, 0.1) is 17.2 Å². The minimum atomic E-state index is -0.229. The van der Waals surface area contributed by atoms with Gasteiger partial charge in [-0.05, 0) is 19.4 Å². The Morgan fingerprint density at radius 1 is 1.52 bits per heavy atom. The first kappa shape index (κ1) is 14.2. The minimum Gasteiger partial charge on any atom is -0.349 e. The van der Waals surface area contributed by atoms with Gasteiger partial charge in [0.2, 0.25) is 5.82 Å². The zero-order chi connectivity index (χ0) is 14.5. The fourth-order valence-electron chi connectivity index (χ4n) is 2.36. The Morgan fingerprint density at radius 3 is 3.24 bits per heavy atom. The molecule has 3 rings (SSSR count). The predicted octanol–water partition coefficient (Wildman–Crippen LogP) is 0.632. The van der Waals surface area contributed by atoms with Crippen molar-refractivity contribution in [2.75, 3.05) is 19.6 Å². The number of hydrogen-bond donors (Lipinski definition) is 2. The molecule has 1 aliphatic rings. The van der Waals surface area contributed by atoms with Crippen molar-refractivity contribution < 1.29 is 4.79 Å². The number of nitrogens with zero attached hydrogens (tertiary/aromatic N) is 4. The van der Waals surface area contributed by atoms with E-state index in [0.29, 0.717) is 12.6 Å². The van der Waals surface area contributed by atoms with E-state index in [1.165, 1.54) is 0 Å². The topological polar surface area (TPSA) is 84.7 Å². The third-order valence-electron chi connectivity index (χ3n) is 3.51. The molecule has 112 valence electrons. The summed E-state index contributed by atoms with van der Waals surface area (Å²) in [4.78, 5) is 20.3. The van der Waals surface area contributed by atoms with Crippen molar-refractivity contribution in [1.82, 2.24) is 30.4 Å². The molecule has 8 heteroatoms. The molecule has 1 unspecified atom stereocenters. The quantitative estimate of drug-likeness (QED) is 0.846. The summed E-state index contributed by atoms with van der Waals surface area (Å²) in [6.07, 6.45) is 4.57. The van der Waals surface area contributed by atoms with Crippen LogP contribution in [0.4, 0.5) is 0 Å². The highest BCUT2D eigenvalue weighted by Gasteiger charge is 2.18. The summed E-state index contributed by atoms with van der Waals surface area (Å²) in [6, 6.07) is 0.294. The van der Waals surface area contributed by atoms with Crippen LogP contribution in [0, 0.1) is 0 Å². The van der Waals surface area contributed by atoms with Gasteiger partial charge < -0.3 is 10.6 Å². The second-order valence-electron chi connectivity index (χ2n) is 5.03. The summed E-state index contributed by atoms with van der Waals surface area (Å²) >= 11 is 1.56. The zero-order valence-electron chi connectivity index (χ0n) is 11.7. The highest BCUT2D eigenvalue weighted by molar-refractivity contribution is 7.07. The maximum Gasteiger partial charge on any atom is 0.290 e. The molecule has 3 heterocycles. The molecule has 0 saturated carbocycles. The molecule has 2 N–H and O–H groups in total. The molecule has 1 aliphatic heterocycles. The number of thiazole rings is 1. The number of rotatable bonds is 5. The average Bonchev–Trinajstić information content (AvgIpc) is 3.20. The standard InChI is InChI=1S/C13H18N6OS/c20-13(15-5-3-10-7-21-9-17-10)12-16-8-19(18-12)11-2-1-4-14-6-11/h7-9,11,14H,1-6H2,(H,15,20). The van der Waals surface area contributed by atoms with Crippen LogP contribution < -0.4 is 10.6 Å². The molecule has 2 aromatic heterocycles. The predicted molar refractivity (Wildman–Crippen MR) is 79.3 cm³/mol. The van der Waals surface area contributed by atoms with Crippen LogP contribution in [0.25, 0.3) is 0 Å². The molecule has 0 bridgehead atoms. The molecule has 0 spiro atoms. The minimum absolute atomic E-state index is 0.229. The van der Waals surface area contributed by atoms with Gasteiger partial charge in [0.25, 0.3) is 5.91 Å². The van der Waals surface area contributed by atoms with Crippen LogP contribution in [-0.2, 0) is 6.42 Å². The molecule has 0 aromatic carbocycles. The van der Waals surface area contributed by atoms with Crippen molar-refractivity contribution in [1.29, 1.82) is 0 Å². The van der Waals surface area contributed by atoms with E-state index in [2.05, 4.69) is 25.7 Å². The Bertz CT molecular complexity index is 575. The maximum absolute atomic E-state index is 12.0. The Labute approximate surface area is 126 Å². The first-order valence-corrected chi connectivity index (χ1v) is 8.04. The van der Waals surface area contributed by atoms with Gasteiger partial charge >= 0.3 is 0 Å². The lowest BCUT2D eigenvalue weighted by molar-refractivity contribution is 0.0943. The van der Waals surface area contributed by atoms with Gasteiger partial charge in [-0.2, -0.15) is 0 Å². The van der Waals surface area contributed by atoms with Gasteiger partial charge in [-0.15, -0.1) is 16.4 Å². The van der Waals surface area contributed by atoms with Crippen LogP contribution >= 0.6 is 11.3 Å². The first-order valence-electron chi connectivity index (χ1n) is 7.10. The molecular formula is C13H18N6OS. The molecule has 1 atom stereocenters. The van der Waals surface area contributed by atoms with E-state index in [1.807, 2.05) is 5.38 Å². The number of carbonyl (C=O) groups is 1. The van der Waals surface area contributed by atoms with Crippen molar-refractivity contribution in [3.63, 3.8) is 0 Å². The summed E-state index contributed by atoms with van der Waals surface area (Å²) < 4.78 is 1.79. The summed E-state index contributed by atoms with van der Waals surface area (Å²) in [6.45, 7) is 2.48. The van der Waals surface area contributed by atoms with Gasteiger partial charge in [-0.3, -0.25) is 4.79 Å². The van der Waals surface area contributed by atoms with Crippen LogP contribution in [0.15, 0.2) is 17.2 Å². The van der Waals surface area contributed by atoms with Crippen molar-refractivity contribution >= 4 is 17.2 Å². The Morgan fingerprint density at radius 2 is 2.48 bits per heavy atom. The van der Waals surface area contributed by atoms with E-state index in [-0.39, 0.29) is 11.7 Å². The van der Waals surface area contributed by atoms with Crippen LogP contribution in [0.5, 0.6) is 0 Å². The molecule has 0 aliphatic carbocycles. The van der Waals surface area contributed by atoms with Gasteiger partial charge in [0, 0.05) is 24.9 Å². The van der Waals surface area contributed by atoms with Crippen molar-refractivity contribution in [2.45, 2.75) is 25.3 Å². The second-order valence-corrected chi connectivity index (χ2v) is 5.75. The Kier molecular flexibility index (Phi) is 4.56. The van der Waals surface area contributed by atoms with Gasteiger partial charge in [0.1, 0.15) is 6.33 Å². The fourth-order valence-corrected chi connectivity index (χ4v) is 2.95. The van der Waals surface area contributed by atoms with E-state index in [9.17, 15) is 4.79 Å². The van der Waals surface area contributed by atoms with E-state index < -0.39 is 0 Å². The number of amides is 1. The van der Waals surface area contributed by atoms with Crippen molar-refractivity contribution in [3.8, 4) is 0 Å². The van der Waals surface area contributed by atoms with E-state index in [0.717, 1.165) is 38.0 Å². The summed E-state index contributed by atoms with van der Waals surface area (Å²) in [5.41, 5.74) is 2.78. The Balaban J connectivity index is 1.51. The summed E-state index contributed by atoms with van der Waals surface area (Å²) in [7, 11) is 0. The van der Waals surface area contributed by atoms with Crippen LogP contribution in [-0.4, -0.2) is 45.3 Å². The first-order chi connectivity index (χ1) is 10.3. The van der Waals surface area contributed by atoms with Gasteiger partial charge in [-0.25, -0.2) is 14.6 Å². The van der Waals surface area contributed by atoms with E-state index >= 15 is 0 Å². The monoisotopic (exact) mass is 306 g/mol. The highest BCUT2D eigenvalue weighted by Crippen LogP contribution is 2.14. The smallest absolute Gasteiger partial charge is 0.290 e. The van der Waals surface area contributed by atoms with E-state index in [1.54, 1.807) is 27.9 Å². The summed E-state index contributed by atoms with van der Waals surface area (Å²) in [5.74, 6) is 0.00611. The molecule has 7 nitrogen and oxygen atoms in total. The number of carbonyl (C=O) groups excluding carboxylic acids is 1. The van der Waals surface area contributed by atoms with Gasteiger partial charge in [-0.1, -0.05) is 0 Å². The average molecular weight is 306 g/mol. The fraction of sp³-hybridized carbons (Fsp3) is 0.538. The van der Waals surface area contributed by atoms with Crippen molar-refractivity contribution in [2.24, 2.45) is 0 Å². The zero-order valence-corrected chi connectivity index (χ0v) is 12.5. The number of piperidine rings is 1. The van der Waals surface area contributed by atoms with Gasteiger partial charge in [0.15, 0.2) is 0 Å². The molecular weight excluding hydrogens is 288 g/mol. The third-order valence-corrected chi connectivity index (χ3v) is 4.14. The maximum atomic E-state index is 12.0. The Hall–Kier alpha value is -1.80. The molecule has 1 saturated heterocycles. The third kappa shape index (κ3) is 3.64. The number of aromatic nitrogens is 4. The van der Waals surface area contributed by atoms with Crippen molar-refractivity contribution in [3.05, 3.63) is 28.7 Å².